The van der Waals surface area contributed by atoms with Gasteiger partial charge in [-0.05, 0) is 35.6 Å². The van der Waals surface area contributed by atoms with Crippen LogP contribution >= 0.6 is 11.3 Å². The lowest BCUT2D eigenvalue weighted by atomic mass is 10.2. The van der Waals surface area contributed by atoms with Crippen molar-refractivity contribution < 1.29 is 0 Å². The van der Waals surface area contributed by atoms with E-state index in [0.717, 1.165) is 31.3 Å². The molecule has 6 heteroatoms. The molecular formula is C17H25N5S. The van der Waals surface area contributed by atoms with Gasteiger partial charge >= 0.3 is 0 Å². The minimum atomic E-state index is 0.735. The van der Waals surface area contributed by atoms with E-state index in [2.05, 4.69) is 50.8 Å². The van der Waals surface area contributed by atoms with Crippen molar-refractivity contribution in [3.8, 4) is 0 Å². The molecule has 0 bridgehead atoms. The quantitative estimate of drug-likeness (QED) is 0.652. The van der Waals surface area contributed by atoms with Gasteiger partial charge in [-0.15, -0.1) is 11.3 Å². The largest absolute Gasteiger partial charge is 0.363 e. The summed E-state index contributed by atoms with van der Waals surface area (Å²) in [6.07, 6.45) is 2.88. The lowest BCUT2D eigenvalue weighted by Crippen LogP contribution is -2.39. The van der Waals surface area contributed by atoms with E-state index < -0.39 is 0 Å². The number of hydrogen-bond acceptors (Lipinski definition) is 4. The summed E-state index contributed by atoms with van der Waals surface area (Å²) in [5, 5.41) is 5.53. The van der Waals surface area contributed by atoms with E-state index in [1.165, 1.54) is 10.4 Å². The highest BCUT2D eigenvalue weighted by Crippen LogP contribution is 2.10. The third-order valence-electron chi connectivity index (χ3n) is 3.57. The molecule has 0 unspecified atom stereocenters. The second-order valence-corrected chi connectivity index (χ2v) is 6.60. The van der Waals surface area contributed by atoms with Crippen LogP contribution in [-0.4, -0.2) is 50.6 Å². The molecule has 0 aliphatic rings. The van der Waals surface area contributed by atoms with Crippen molar-refractivity contribution >= 4 is 23.1 Å². The van der Waals surface area contributed by atoms with Gasteiger partial charge in [-0.2, -0.15) is 0 Å². The first kappa shape index (κ1) is 17.3. The second kappa shape index (κ2) is 8.53. The summed E-state index contributed by atoms with van der Waals surface area (Å²) in [6.45, 7) is 1.68. The normalized spacial score (nSPS) is 11.4. The Kier molecular flexibility index (Phi) is 6.40. The average molecular weight is 331 g/mol. The molecule has 23 heavy (non-hydrogen) atoms. The molecule has 0 saturated carbocycles. The average Bonchev–Trinajstić information content (AvgIpc) is 3.07. The predicted molar refractivity (Wildman–Crippen MR) is 99.4 cm³/mol. The van der Waals surface area contributed by atoms with Gasteiger partial charge in [0.1, 0.15) is 5.82 Å². The summed E-state index contributed by atoms with van der Waals surface area (Å²) >= 11 is 1.80. The maximum absolute atomic E-state index is 4.37. The number of rotatable bonds is 6. The lowest BCUT2D eigenvalue weighted by molar-refractivity contribution is 0.486. The van der Waals surface area contributed by atoms with E-state index >= 15 is 0 Å². The van der Waals surface area contributed by atoms with Crippen molar-refractivity contribution in [1.82, 2.24) is 15.2 Å². The summed E-state index contributed by atoms with van der Waals surface area (Å²) < 4.78 is 0. The highest BCUT2D eigenvalue weighted by molar-refractivity contribution is 7.09. The number of nitrogens with one attached hydrogen (secondary N) is 1. The summed E-state index contributed by atoms with van der Waals surface area (Å²) in [5.74, 6) is 1.87. The molecule has 0 aliphatic carbocycles. The number of pyridine rings is 1. The first-order valence-corrected chi connectivity index (χ1v) is 8.54. The summed E-state index contributed by atoms with van der Waals surface area (Å²) in [6, 6.07) is 8.39. The van der Waals surface area contributed by atoms with Gasteiger partial charge in [-0.25, -0.2) is 4.98 Å². The first-order chi connectivity index (χ1) is 11.1. The molecule has 0 amide bonds. The zero-order valence-corrected chi connectivity index (χ0v) is 15.1. The van der Waals surface area contributed by atoms with Crippen LogP contribution in [0.3, 0.4) is 0 Å². The van der Waals surface area contributed by atoms with Crippen LogP contribution in [0, 0.1) is 0 Å². The van der Waals surface area contributed by atoms with Gasteiger partial charge in [0.15, 0.2) is 5.96 Å². The minimum absolute atomic E-state index is 0.735. The van der Waals surface area contributed by atoms with Crippen molar-refractivity contribution in [3.05, 3.63) is 46.3 Å². The Labute approximate surface area is 142 Å². The molecule has 0 saturated heterocycles. The molecule has 0 fully saturated rings. The highest BCUT2D eigenvalue weighted by Gasteiger charge is 2.07. The Morgan fingerprint density at radius 2 is 2.13 bits per heavy atom. The van der Waals surface area contributed by atoms with Gasteiger partial charge in [0.2, 0.25) is 0 Å². The number of anilines is 1. The topological polar surface area (TPSA) is 43.8 Å². The molecule has 2 aromatic heterocycles. The molecular weight excluding hydrogens is 306 g/mol. The number of guanidine groups is 1. The number of thiophene rings is 1. The predicted octanol–water partition coefficient (Wildman–Crippen LogP) is 2.46. The molecule has 2 rings (SSSR count). The number of aromatic nitrogens is 1. The first-order valence-electron chi connectivity index (χ1n) is 7.66. The van der Waals surface area contributed by atoms with Crippen LogP contribution in [0.25, 0.3) is 0 Å². The summed E-state index contributed by atoms with van der Waals surface area (Å²) in [4.78, 5) is 14.3. The van der Waals surface area contributed by atoms with Gasteiger partial charge in [0, 0.05) is 52.4 Å². The van der Waals surface area contributed by atoms with Crippen LogP contribution < -0.4 is 10.2 Å². The number of aliphatic imine (C=N–C) groups is 1. The molecule has 0 spiro atoms. The number of likely N-dealkylation sites (N-methyl/N-ethyl adjacent to an activating group) is 1. The van der Waals surface area contributed by atoms with Crippen molar-refractivity contribution in [3.63, 3.8) is 0 Å². The molecule has 0 radical (unpaired) electrons. The standard InChI is InChI=1S/C17H25N5S/c1-18-17(22(4)10-8-15-6-5-11-23-15)20-13-14-7-9-19-16(12-14)21(2)3/h5-7,9,11-12H,8,10,13H2,1-4H3,(H,18,20). The van der Waals surface area contributed by atoms with Gasteiger partial charge in [0.05, 0.1) is 0 Å². The van der Waals surface area contributed by atoms with E-state index in [0.29, 0.717) is 0 Å². The van der Waals surface area contributed by atoms with Gasteiger partial charge in [-0.1, -0.05) is 6.07 Å². The molecule has 0 aromatic carbocycles. The lowest BCUT2D eigenvalue weighted by Gasteiger charge is -2.22. The Hall–Kier alpha value is -2.08. The number of nitrogens with zero attached hydrogens (tertiary/aromatic N) is 4. The highest BCUT2D eigenvalue weighted by atomic mass is 32.1. The Morgan fingerprint density at radius 3 is 2.78 bits per heavy atom. The summed E-state index contributed by atoms with van der Waals surface area (Å²) in [5.41, 5.74) is 1.19. The maximum Gasteiger partial charge on any atom is 0.193 e. The third-order valence-corrected chi connectivity index (χ3v) is 4.50. The van der Waals surface area contributed by atoms with Crippen LogP contribution in [0.2, 0.25) is 0 Å². The Morgan fingerprint density at radius 1 is 1.30 bits per heavy atom. The Balaban J connectivity index is 1.88. The second-order valence-electron chi connectivity index (χ2n) is 5.57. The van der Waals surface area contributed by atoms with Crippen molar-refractivity contribution in [2.24, 2.45) is 4.99 Å². The minimum Gasteiger partial charge on any atom is -0.363 e. The van der Waals surface area contributed by atoms with Crippen LogP contribution in [0.4, 0.5) is 5.82 Å². The van der Waals surface area contributed by atoms with Crippen LogP contribution in [0.1, 0.15) is 10.4 Å². The Bertz CT molecular complexity index is 622. The van der Waals surface area contributed by atoms with Crippen molar-refractivity contribution in [2.75, 3.05) is 39.6 Å². The fourth-order valence-corrected chi connectivity index (χ4v) is 2.92. The smallest absolute Gasteiger partial charge is 0.193 e. The molecule has 1 N–H and O–H groups in total. The van der Waals surface area contributed by atoms with E-state index in [1.807, 2.05) is 38.3 Å². The van der Waals surface area contributed by atoms with E-state index in [4.69, 9.17) is 0 Å². The molecule has 5 nitrogen and oxygen atoms in total. The van der Waals surface area contributed by atoms with E-state index in [-0.39, 0.29) is 0 Å². The van der Waals surface area contributed by atoms with Crippen LogP contribution in [0.5, 0.6) is 0 Å². The zero-order valence-electron chi connectivity index (χ0n) is 14.3. The molecule has 0 aliphatic heterocycles. The maximum atomic E-state index is 4.37. The molecule has 0 atom stereocenters. The fraction of sp³-hybridized carbons (Fsp3) is 0.412. The van der Waals surface area contributed by atoms with Crippen LogP contribution in [-0.2, 0) is 13.0 Å². The molecule has 2 aromatic rings. The van der Waals surface area contributed by atoms with Gasteiger partial charge in [0.25, 0.3) is 0 Å². The van der Waals surface area contributed by atoms with E-state index in [1.54, 1.807) is 11.3 Å². The zero-order chi connectivity index (χ0) is 16.7. The fourth-order valence-electron chi connectivity index (χ4n) is 2.22. The third kappa shape index (κ3) is 5.25. The molecule has 124 valence electrons. The number of hydrogen-bond donors (Lipinski definition) is 1. The van der Waals surface area contributed by atoms with Gasteiger partial charge < -0.3 is 15.1 Å². The van der Waals surface area contributed by atoms with E-state index in [9.17, 15) is 0 Å². The van der Waals surface area contributed by atoms with Crippen LogP contribution in [0.15, 0.2) is 40.8 Å². The molecule has 2 heterocycles. The van der Waals surface area contributed by atoms with Crippen molar-refractivity contribution in [1.29, 1.82) is 0 Å². The monoisotopic (exact) mass is 331 g/mol. The summed E-state index contributed by atoms with van der Waals surface area (Å²) in [7, 11) is 7.89. The van der Waals surface area contributed by atoms with Gasteiger partial charge in [-0.3, -0.25) is 4.99 Å². The van der Waals surface area contributed by atoms with Crippen molar-refractivity contribution in [2.45, 2.75) is 13.0 Å². The SMILES string of the molecule is CN=C(NCc1ccnc(N(C)C)c1)N(C)CCc1cccs1.